The summed E-state index contributed by atoms with van der Waals surface area (Å²) in [4.78, 5) is 28.4. The number of carbonyl (C=O) groups excluding carboxylic acids is 1. The predicted octanol–water partition coefficient (Wildman–Crippen LogP) is 6.04. The number of hydrogen-bond donors (Lipinski definition) is 0. The van der Waals surface area contributed by atoms with Crippen LogP contribution >= 0.6 is 0 Å². The third-order valence-corrected chi connectivity index (χ3v) is 5.92. The molecular weight excluding hydrogens is 444 g/mol. The second-order valence-corrected chi connectivity index (χ2v) is 8.63. The van der Waals surface area contributed by atoms with Crippen molar-refractivity contribution in [2.24, 2.45) is 5.92 Å². The van der Waals surface area contributed by atoms with Crippen LogP contribution in [0.5, 0.6) is 5.88 Å². The molecule has 0 bridgehead atoms. The van der Waals surface area contributed by atoms with E-state index in [1.54, 1.807) is 36.4 Å². The predicted molar refractivity (Wildman–Crippen MR) is 134 cm³/mol. The van der Waals surface area contributed by atoms with Crippen LogP contribution in [0.3, 0.4) is 0 Å². The Labute approximate surface area is 205 Å². The number of hydrogen-bond acceptors (Lipinski definition) is 7. The summed E-state index contributed by atoms with van der Waals surface area (Å²) < 4.78 is 16.4. The third-order valence-electron chi connectivity index (χ3n) is 5.92. The molecule has 0 aliphatic heterocycles. The Balaban J connectivity index is 1.40. The highest BCUT2D eigenvalue weighted by Crippen LogP contribution is 2.23. The average Bonchev–Trinajstić information content (AvgIpc) is 2.88. The lowest BCUT2D eigenvalue weighted by Crippen LogP contribution is -2.14. The summed E-state index contributed by atoms with van der Waals surface area (Å²) in [5.41, 5.74) is 1.21. The van der Waals surface area contributed by atoms with Crippen LogP contribution in [0.4, 0.5) is 0 Å². The van der Waals surface area contributed by atoms with Gasteiger partial charge in [-0.25, -0.2) is 4.79 Å². The Morgan fingerprint density at radius 2 is 1.80 bits per heavy atom. The van der Waals surface area contributed by atoms with Crippen LogP contribution in [-0.2, 0) is 9.53 Å². The standard InChI is InChI=1S/C28H32N2O5/c1-3-20(2)27(31)34-16-9-7-5-4-6-8-15-33-25-14-13-23-18-24(28(32)35-26(23)30-25)22-12-10-11-21(17-22)19-29/h10-14,17-18,20H,3-9,15-16H2,1-2H3. The zero-order valence-electron chi connectivity index (χ0n) is 20.4. The topological polar surface area (TPSA) is 102 Å². The van der Waals surface area contributed by atoms with Gasteiger partial charge in [-0.15, -0.1) is 0 Å². The minimum absolute atomic E-state index is 0.0198. The summed E-state index contributed by atoms with van der Waals surface area (Å²) >= 11 is 0. The first-order valence-electron chi connectivity index (χ1n) is 12.3. The van der Waals surface area contributed by atoms with Crippen LogP contribution in [0, 0.1) is 17.2 Å². The van der Waals surface area contributed by atoms with Gasteiger partial charge in [-0.05, 0) is 49.1 Å². The molecule has 0 radical (unpaired) electrons. The van der Waals surface area contributed by atoms with Gasteiger partial charge in [0.25, 0.3) is 0 Å². The van der Waals surface area contributed by atoms with Crippen LogP contribution in [-0.4, -0.2) is 24.2 Å². The van der Waals surface area contributed by atoms with Crippen molar-refractivity contribution in [3.05, 3.63) is 58.4 Å². The number of rotatable bonds is 13. The molecule has 0 N–H and O–H groups in total. The molecule has 7 heteroatoms. The van der Waals surface area contributed by atoms with Crippen molar-refractivity contribution < 1.29 is 18.7 Å². The highest BCUT2D eigenvalue weighted by atomic mass is 16.5. The number of nitrogens with zero attached hydrogens (tertiary/aromatic N) is 2. The number of nitriles is 1. The van der Waals surface area contributed by atoms with Crippen LogP contribution in [0.2, 0.25) is 0 Å². The smallest absolute Gasteiger partial charge is 0.345 e. The minimum atomic E-state index is -0.508. The highest BCUT2D eigenvalue weighted by molar-refractivity contribution is 5.79. The van der Waals surface area contributed by atoms with E-state index in [2.05, 4.69) is 11.1 Å². The van der Waals surface area contributed by atoms with E-state index >= 15 is 0 Å². The lowest BCUT2D eigenvalue weighted by molar-refractivity contribution is -0.148. The Hall–Kier alpha value is -3.66. The SMILES string of the molecule is CCC(C)C(=O)OCCCCCCCCOc1ccc2cc(-c3cccc(C#N)c3)c(=O)oc2n1. The quantitative estimate of drug-likeness (QED) is 0.219. The minimum Gasteiger partial charge on any atom is -0.478 e. The summed E-state index contributed by atoms with van der Waals surface area (Å²) in [6.45, 7) is 4.92. The summed E-state index contributed by atoms with van der Waals surface area (Å²) in [6.07, 6.45) is 6.89. The molecule has 7 nitrogen and oxygen atoms in total. The van der Waals surface area contributed by atoms with Crippen molar-refractivity contribution in [1.29, 1.82) is 5.26 Å². The fourth-order valence-electron chi connectivity index (χ4n) is 3.59. The zero-order valence-corrected chi connectivity index (χ0v) is 20.4. The molecule has 0 fully saturated rings. The number of fused-ring (bicyclic) bond motifs is 1. The molecular formula is C28H32N2O5. The second-order valence-electron chi connectivity index (χ2n) is 8.63. The van der Waals surface area contributed by atoms with Gasteiger partial charge in [-0.3, -0.25) is 4.79 Å². The monoisotopic (exact) mass is 476 g/mol. The van der Waals surface area contributed by atoms with Gasteiger partial charge in [-0.1, -0.05) is 51.7 Å². The number of benzene rings is 1. The van der Waals surface area contributed by atoms with Gasteiger partial charge < -0.3 is 13.9 Å². The maximum absolute atomic E-state index is 12.5. The number of unbranched alkanes of at least 4 members (excludes halogenated alkanes) is 5. The fourth-order valence-corrected chi connectivity index (χ4v) is 3.59. The van der Waals surface area contributed by atoms with Crippen molar-refractivity contribution in [2.75, 3.05) is 13.2 Å². The van der Waals surface area contributed by atoms with E-state index in [9.17, 15) is 9.59 Å². The van der Waals surface area contributed by atoms with Gasteiger partial charge in [0.1, 0.15) is 0 Å². The maximum Gasteiger partial charge on any atom is 0.345 e. The van der Waals surface area contributed by atoms with E-state index < -0.39 is 5.63 Å². The Morgan fingerprint density at radius 1 is 1.06 bits per heavy atom. The molecule has 2 aromatic heterocycles. The van der Waals surface area contributed by atoms with E-state index in [1.165, 1.54) is 0 Å². The van der Waals surface area contributed by atoms with E-state index in [0.29, 0.717) is 41.2 Å². The molecule has 0 aliphatic carbocycles. The lowest BCUT2D eigenvalue weighted by atomic mass is 10.0. The zero-order chi connectivity index (χ0) is 25.0. The van der Waals surface area contributed by atoms with Gasteiger partial charge in [-0.2, -0.15) is 10.2 Å². The molecule has 1 unspecified atom stereocenters. The van der Waals surface area contributed by atoms with Crippen molar-refractivity contribution in [3.8, 4) is 23.1 Å². The first-order chi connectivity index (χ1) is 17.0. The fraction of sp³-hybridized carbons (Fsp3) is 0.429. The summed E-state index contributed by atoms with van der Waals surface area (Å²) in [5.74, 6) is 0.300. The molecule has 2 heterocycles. The molecule has 35 heavy (non-hydrogen) atoms. The van der Waals surface area contributed by atoms with Crippen LogP contribution in [0.1, 0.15) is 64.4 Å². The molecule has 1 atom stereocenters. The number of aromatic nitrogens is 1. The molecule has 1 aromatic carbocycles. The average molecular weight is 477 g/mol. The van der Waals surface area contributed by atoms with E-state index in [1.807, 2.05) is 19.9 Å². The van der Waals surface area contributed by atoms with E-state index in [0.717, 1.165) is 44.9 Å². The second kappa shape index (κ2) is 13.3. The number of carbonyl (C=O) groups is 1. The molecule has 0 amide bonds. The van der Waals surface area contributed by atoms with Crippen molar-refractivity contribution in [3.63, 3.8) is 0 Å². The first kappa shape index (κ1) is 26.0. The molecule has 3 aromatic rings. The molecule has 3 rings (SSSR count). The molecule has 0 saturated heterocycles. The Bertz CT molecular complexity index is 1230. The van der Waals surface area contributed by atoms with Gasteiger partial charge in [0, 0.05) is 11.5 Å². The number of pyridine rings is 1. The molecule has 0 saturated carbocycles. The highest BCUT2D eigenvalue weighted by Gasteiger charge is 2.12. The summed E-state index contributed by atoms with van der Waals surface area (Å²) in [5, 5.41) is 9.78. The van der Waals surface area contributed by atoms with Crippen molar-refractivity contribution >= 4 is 17.1 Å². The van der Waals surface area contributed by atoms with Gasteiger partial charge in [0.15, 0.2) is 0 Å². The third kappa shape index (κ3) is 7.68. The van der Waals surface area contributed by atoms with Crippen molar-refractivity contribution in [1.82, 2.24) is 4.98 Å². The molecule has 184 valence electrons. The first-order valence-corrected chi connectivity index (χ1v) is 12.3. The Morgan fingerprint density at radius 3 is 2.54 bits per heavy atom. The van der Waals surface area contributed by atoms with Crippen LogP contribution < -0.4 is 10.4 Å². The number of ether oxygens (including phenoxy) is 2. The molecule has 0 spiro atoms. The van der Waals surface area contributed by atoms with Crippen molar-refractivity contribution in [2.45, 2.75) is 58.8 Å². The van der Waals surface area contributed by atoms with Gasteiger partial charge in [0.05, 0.1) is 36.3 Å². The maximum atomic E-state index is 12.5. The largest absolute Gasteiger partial charge is 0.478 e. The Kier molecular flexibility index (Phi) is 9.85. The molecule has 0 aliphatic rings. The van der Waals surface area contributed by atoms with Crippen LogP contribution in [0.15, 0.2) is 51.7 Å². The van der Waals surface area contributed by atoms with E-state index in [4.69, 9.17) is 19.2 Å². The summed E-state index contributed by atoms with van der Waals surface area (Å²) in [7, 11) is 0. The van der Waals surface area contributed by atoms with Gasteiger partial charge in [0.2, 0.25) is 11.6 Å². The van der Waals surface area contributed by atoms with E-state index in [-0.39, 0.29) is 17.6 Å². The summed E-state index contributed by atoms with van der Waals surface area (Å²) in [6, 6.07) is 14.2. The van der Waals surface area contributed by atoms with Gasteiger partial charge >= 0.3 is 11.6 Å². The normalized spacial score (nSPS) is 11.7. The number of esters is 1. The van der Waals surface area contributed by atoms with Crippen LogP contribution in [0.25, 0.3) is 22.2 Å². The lowest BCUT2D eigenvalue weighted by Gasteiger charge is -2.09.